The number of rotatable bonds is 9. The van der Waals surface area contributed by atoms with Gasteiger partial charge in [-0.15, -0.1) is 0 Å². The van der Waals surface area contributed by atoms with Crippen molar-refractivity contribution in [2.24, 2.45) is 28.1 Å². The number of carbonyl (C=O) groups excluding carboxylic acids is 6. The van der Waals surface area contributed by atoms with E-state index in [1.54, 1.807) is 20.8 Å². The Balaban J connectivity index is 1.66. The van der Waals surface area contributed by atoms with Gasteiger partial charge >= 0.3 is 29.8 Å². The number of esters is 5. The predicted octanol–water partition coefficient (Wildman–Crippen LogP) is 2.17. The van der Waals surface area contributed by atoms with E-state index in [1.807, 2.05) is 0 Å². The smallest absolute Gasteiger partial charge is 0.305 e. The van der Waals surface area contributed by atoms with E-state index in [9.17, 15) is 33.9 Å². The number of hydrogen-bond acceptors (Lipinski definition) is 16. The zero-order valence-electron chi connectivity index (χ0n) is 30.5. The zero-order valence-corrected chi connectivity index (χ0v) is 30.5. The van der Waals surface area contributed by atoms with Gasteiger partial charge in [-0.25, -0.2) is 0 Å². The van der Waals surface area contributed by atoms with Gasteiger partial charge in [0.1, 0.15) is 24.1 Å². The monoisotopic (exact) mass is 732 g/mol. The van der Waals surface area contributed by atoms with Crippen molar-refractivity contribution in [3.8, 4) is 0 Å². The minimum absolute atomic E-state index is 0.0792. The van der Waals surface area contributed by atoms with Gasteiger partial charge in [-0.1, -0.05) is 20.8 Å². The first-order chi connectivity index (χ1) is 24.1. The summed E-state index contributed by atoms with van der Waals surface area (Å²) >= 11 is 0. The third kappa shape index (κ3) is 3.86. The molecule has 13 atom stereocenters. The number of carbonyl (C=O) groups is 6. The molecule has 16 heteroatoms. The Labute approximate surface area is 299 Å². The molecule has 6 aliphatic rings. The van der Waals surface area contributed by atoms with E-state index in [-0.39, 0.29) is 24.8 Å². The van der Waals surface area contributed by atoms with Crippen LogP contribution in [-0.4, -0.2) is 102 Å². The maximum Gasteiger partial charge on any atom is 0.305 e. The average Bonchev–Trinajstić information content (AvgIpc) is 3.75. The van der Waals surface area contributed by atoms with E-state index in [2.05, 4.69) is 0 Å². The Bertz CT molecular complexity index is 1770. The first-order valence-electron chi connectivity index (χ1n) is 17.2. The largest absolute Gasteiger partial charge is 0.472 e. The van der Waals surface area contributed by atoms with Crippen LogP contribution in [0.2, 0.25) is 0 Å². The van der Waals surface area contributed by atoms with Gasteiger partial charge in [-0.3, -0.25) is 28.8 Å². The molecule has 4 bridgehead atoms. The van der Waals surface area contributed by atoms with Gasteiger partial charge in [0.2, 0.25) is 0 Å². The lowest BCUT2D eigenvalue weighted by Crippen LogP contribution is -2.96. The number of ketones is 1. The van der Waals surface area contributed by atoms with E-state index in [1.165, 1.54) is 39.5 Å². The summed E-state index contributed by atoms with van der Waals surface area (Å²) in [6.07, 6.45) is -3.58. The van der Waals surface area contributed by atoms with Gasteiger partial charge < -0.3 is 47.4 Å². The van der Waals surface area contributed by atoms with Gasteiger partial charge in [0.15, 0.2) is 28.7 Å². The molecule has 1 N–H and O–H groups in total. The van der Waals surface area contributed by atoms with E-state index >= 15 is 0 Å². The Kier molecular flexibility index (Phi) is 7.62. The molecule has 0 radical (unpaired) electrons. The van der Waals surface area contributed by atoms with Crippen LogP contribution < -0.4 is 0 Å². The Morgan fingerprint density at radius 2 is 1.38 bits per heavy atom. The highest BCUT2D eigenvalue weighted by atomic mass is 16.9. The molecule has 0 amide bonds. The molecule has 0 aromatic carbocycles. The molecular formula is C36H44O16. The molecule has 16 nitrogen and oxygen atoms in total. The number of ether oxygens (including phenoxy) is 8. The van der Waals surface area contributed by atoms with Crippen molar-refractivity contribution in [2.75, 3.05) is 14.2 Å². The molecule has 3 heterocycles. The number of furan rings is 1. The number of Topliss-reactive ketones (excluding diaryl/α,β-unsaturated/α-hetero) is 1. The Morgan fingerprint density at radius 3 is 1.92 bits per heavy atom. The van der Waals surface area contributed by atoms with E-state index in [4.69, 9.17) is 42.3 Å². The molecule has 2 saturated heterocycles. The molecule has 52 heavy (non-hydrogen) atoms. The van der Waals surface area contributed by atoms with Crippen LogP contribution >= 0.6 is 0 Å². The molecule has 284 valence electrons. The summed E-state index contributed by atoms with van der Waals surface area (Å²) in [5.74, 6) is -8.95. The second-order valence-corrected chi connectivity index (χ2v) is 15.9. The van der Waals surface area contributed by atoms with Crippen LogP contribution in [-0.2, 0) is 61.9 Å². The molecule has 2 spiro atoms. The number of hydrogen-bond donors (Lipinski definition) is 1. The van der Waals surface area contributed by atoms with Crippen molar-refractivity contribution in [3.05, 3.63) is 24.2 Å². The predicted molar refractivity (Wildman–Crippen MR) is 168 cm³/mol. The summed E-state index contributed by atoms with van der Waals surface area (Å²) in [7, 11) is 2.37. The molecule has 4 saturated carbocycles. The molecule has 1 aromatic rings. The third-order valence-corrected chi connectivity index (χ3v) is 13.5. The molecule has 2 aliphatic heterocycles. The SMILES string of the molecule is COC(=O)C[C@H]1[C@@]23OC4(C)OC56C[C@@](C)([C@H](OC(C)=O)[C@]5(O)[C@H]2OC(C)=O)[C@H](CC(=O)OC)[C@@]6(C)[C@@]3(O4)[C@H](OC(C)=O)C[C@@]1(C)C(=O)c1ccoc1. The first kappa shape index (κ1) is 36.5. The van der Waals surface area contributed by atoms with E-state index in [0.29, 0.717) is 0 Å². The standard InChI is InChI=1S/C36H44O16/c1-17(37)47-23-14-29(4,26(42)20-10-11-46-15-20)22(13-25(41)45-9)35-28(49-19(3)39)34(43)27(48-18(2)38)30(5)16-33(34)31(6,21(30)12-24(40)44-8)36(23,35)52-32(7,50-33)51-35/h10-11,15,21-23,27-28,43H,12-14,16H2,1-9H3/t21-,22+,23+,27-,28+,29+,30+,31+,32?,33?,34-,35+,36-/m0/s1. The molecule has 6 fully saturated rings. The highest BCUT2D eigenvalue weighted by Gasteiger charge is 3.05. The van der Waals surface area contributed by atoms with Crippen molar-refractivity contribution < 1.29 is 76.2 Å². The second kappa shape index (κ2) is 10.9. The van der Waals surface area contributed by atoms with Gasteiger partial charge in [-0.05, 0) is 18.4 Å². The molecular weight excluding hydrogens is 688 g/mol. The summed E-state index contributed by atoms with van der Waals surface area (Å²) in [4.78, 5) is 81.4. The highest BCUT2D eigenvalue weighted by Crippen LogP contribution is 2.89. The summed E-state index contributed by atoms with van der Waals surface area (Å²) in [6.45, 7) is 9.85. The van der Waals surface area contributed by atoms with Gasteiger partial charge in [-0.2, -0.15) is 0 Å². The van der Waals surface area contributed by atoms with Crippen molar-refractivity contribution >= 4 is 35.6 Å². The zero-order chi connectivity index (χ0) is 38.2. The summed E-state index contributed by atoms with van der Waals surface area (Å²) in [5.41, 5.74) is -13.4. The van der Waals surface area contributed by atoms with Crippen molar-refractivity contribution in [2.45, 2.75) is 121 Å². The maximum atomic E-state index is 14.9. The van der Waals surface area contributed by atoms with Crippen LogP contribution in [0.1, 0.15) is 84.5 Å². The number of methoxy groups -OCH3 is 2. The third-order valence-electron chi connectivity index (χ3n) is 13.5. The van der Waals surface area contributed by atoms with Crippen LogP contribution in [0.5, 0.6) is 0 Å². The van der Waals surface area contributed by atoms with E-state index < -0.39 is 117 Å². The first-order valence-corrected chi connectivity index (χ1v) is 17.2. The summed E-state index contributed by atoms with van der Waals surface area (Å²) < 4.78 is 54.9. The number of aliphatic hydroxyl groups is 1. The quantitative estimate of drug-likeness (QED) is 0.219. The summed E-state index contributed by atoms with van der Waals surface area (Å²) in [6, 6.07) is 1.43. The van der Waals surface area contributed by atoms with Crippen molar-refractivity contribution in [3.63, 3.8) is 0 Å². The minimum atomic E-state index is -2.49. The summed E-state index contributed by atoms with van der Waals surface area (Å²) in [5, 5.41) is 13.7. The van der Waals surface area contributed by atoms with Gasteiger partial charge in [0.25, 0.3) is 5.97 Å². The fraction of sp³-hybridized carbons (Fsp3) is 0.722. The van der Waals surface area contributed by atoms with Crippen LogP contribution in [0, 0.1) is 28.1 Å². The fourth-order valence-corrected chi connectivity index (χ4v) is 12.3. The Morgan fingerprint density at radius 1 is 0.808 bits per heavy atom. The minimum Gasteiger partial charge on any atom is -0.472 e. The Hall–Kier alpha value is -3.86. The fourth-order valence-electron chi connectivity index (χ4n) is 12.3. The lowest BCUT2D eigenvalue weighted by atomic mass is 9.33. The molecule has 2 unspecified atom stereocenters. The van der Waals surface area contributed by atoms with Crippen LogP contribution in [0.15, 0.2) is 23.0 Å². The van der Waals surface area contributed by atoms with Crippen molar-refractivity contribution in [1.82, 2.24) is 0 Å². The second-order valence-electron chi connectivity index (χ2n) is 15.9. The average molecular weight is 733 g/mol. The van der Waals surface area contributed by atoms with Crippen LogP contribution in [0.3, 0.4) is 0 Å². The lowest BCUT2D eigenvalue weighted by Gasteiger charge is -2.77. The van der Waals surface area contributed by atoms with Gasteiger partial charge in [0, 0.05) is 62.7 Å². The molecule has 1 aromatic heterocycles. The van der Waals surface area contributed by atoms with E-state index in [0.717, 1.165) is 21.0 Å². The number of fused-ring (bicyclic) bond motifs is 2. The van der Waals surface area contributed by atoms with Crippen LogP contribution in [0.25, 0.3) is 0 Å². The normalized spacial score (nSPS) is 47.3. The van der Waals surface area contributed by atoms with Crippen molar-refractivity contribution in [1.29, 1.82) is 0 Å². The molecule has 4 aliphatic carbocycles. The van der Waals surface area contributed by atoms with Crippen LogP contribution in [0.4, 0.5) is 0 Å². The topological polar surface area (TPSA) is 210 Å². The maximum absolute atomic E-state index is 14.9. The highest BCUT2D eigenvalue weighted by molar-refractivity contribution is 6.01. The van der Waals surface area contributed by atoms with Gasteiger partial charge in [0.05, 0.1) is 32.5 Å². The molecule has 7 rings (SSSR count). The lowest BCUT2D eigenvalue weighted by molar-refractivity contribution is -0.486.